The van der Waals surface area contributed by atoms with Gasteiger partial charge < -0.3 is 9.64 Å². The Kier molecular flexibility index (Phi) is 5.50. The van der Waals surface area contributed by atoms with Crippen molar-refractivity contribution >= 4 is 17.2 Å². The number of hydrogen-bond donors (Lipinski definition) is 0. The number of likely N-dealkylation sites (tertiary alicyclic amines) is 2. The first-order valence-corrected chi connectivity index (χ1v) is 9.19. The number of fused-ring (bicyclic) bond motifs is 1. The Hall–Kier alpha value is -0.910. The molecule has 1 aromatic heterocycles. The van der Waals surface area contributed by atoms with Gasteiger partial charge in [0, 0.05) is 50.6 Å². The minimum Gasteiger partial charge on any atom is -0.383 e. The van der Waals surface area contributed by atoms with E-state index >= 15 is 0 Å². The van der Waals surface area contributed by atoms with Crippen LogP contribution in [0, 0.1) is 5.92 Å². The molecule has 0 radical (unpaired) electrons. The second kappa shape index (κ2) is 7.57. The van der Waals surface area contributed by atoms with Gasteiger partial charge in [-0.1, -0.05) is 6.07 Å². The number of ether oxygens (including phenoxy) is 1. The molecule has 3 rings (SSSR count). The van der Waals surface area contributed by atoms with E-state index in [4.69, 9.17) is 4.74 Å². The van der Waals surface area contributed by atoms with Crippen molar-refractivity contribution in [2.75, 3.05) is 33.4 Å². The quantitative estimate of drug-likeness (QED) is 0.835. The molecule has 22 heavy (non-hydrogen) atoms. The van der Waals surface area contributed by atoms with Crippen molar-refractivity contribution in [3.63, 3.8) is 0 Å². The molecule has 1 amide bonds. The summed E-state index contributed by atoms with van der Waals surface area (Å²) >= 11 is 1.84. The minimum atomic E-state index is 0.330. The molecular formula is C17H26N2O2S. The molecule has 2 aliphatic heterocycles. The van der Waals surface area contributed by atoms with Gasteiger partial charge in [-0.3, -0.25) is 9.69 Å². The third-order valence-corrected chi connectivity index (χ3v) is 5.82. The number of nitrogens with zero attached hydrogens (tertiary/aromatic N) is 2. The average Bonchev–Trinajstić information content (AvgIpc) is 2.96. The molecule has 0 N–H and O–H groups in total. The number of amides is 1. The Bertz CT molecular complexity index is 477. The topological polar surface area (TPSA) is 32.8 Å². The summed E-state index contributed by atoms with van der Waals surface area (Å²) in [4.78, 5) is 18.5. The summed E-state index contributed by atoms with van der Waals surface area (Å²) in [5, 5.41) is 2.15. The van der Waals surface area contributed by atoms with Gasteiger partial charge in [0.25, 0.3) is 0 Å². The first-order valence-electron chi connectivity index (χ1n) is 8.31. The van der Waals surface area contributed by atoms with E-state index in [1.54, 1.807) is 7.11 Å². The maximum atomic E-state index is 12.4. The number of carbonyl (C=O) groups is 1. The van der Waals surface area contributed by atoms with Gasteiger partial charge in [-0.05, 0) is 36.6 Å². The van der Waals surface area contributed by atoms with Crippen LogP contribution in [0.15, 0.2) is 17.5 Å². The van der Waals surface area contributed by atoms with Crippen molar-refractivity contribution in [3.05, 3.63) is 22.4 Å². The van der Waals surface area contributed by atoms with Crippen LogP contribution in [0.25, 0.3) is 0 Å². The lowest BCUT2D eigenvalue weighted by Gasteiger charge is -2.42. The monoisotopic (exact) mass is 322 g/mol. The third kappa shape index (κ3) is 3.70. The molecular weight excluding hydrogens is 296 g/mol. The highest BCUT2D eigenvalue weighted by molar-refractivity contribution is 7.09. The zero-order chi connectivity index (χ0) is 15.4. The second-order valence-electron chi connectivity index (χ2n) is 6.40. The van der Waals surface area contributed by atoms with E-state index in [2.05, 4.69) is 27.3 Å². The van der Waals surface area contributed by atoms with Gasteiger partial charge in [0.05, 0.1) is 6.61 Å². The lowest BCUT2D eigenvalue weighted by atomic mass is 9.88. The van der Waals surface area contributed by atoms with E-state index < -0.39 is 0 Å². The van der Waals surface area contributed by atoms with Crippen molar-refractivity contribution in [2.24, 2.45) is 5.92 Å². The van der Waals surface area contributed by atoms with E-state index in [1.807, 2.05) is 11.3 Å². The molecule has 2 aliphatic rings. The number of piperidine rings is 1. The molecule has 0 aliphatic carbocycles. The summed E-state index contributed by atoms with van der Waals surface area (Å²) in [5.41, 5.74) is 0. The SMILES string of the molecule is COCCN1C(=O)CCC[C@H]2CN(Cc3cccs3)CC[C@H]21. The lowest BCUT2D eigenvalue weighted by molar-refractivity contribution is -0.135. The van der Waals surface area contributed by atoms with E-state index in [-0.39, 0.29) is 0 Å². The predicted octanol–water partition coefficient (Wildman–Crippen LogP) is 2.60. The number of hydrogen-bond acceptors (Lipinski definition) is 4. The predicted molar refractivity (Wildman–Crippen MR) is 88.9 cm³/mol. The van der Waals surface area contributed by atoms with Gasteiger partial charge >= 0.3 is 0 Å². The Labute approximate surface area is 137 Å². The van der Waals surface area contributed by atoms with Crippen LogP contribution < -0.4 is 0 Å². The van der Waals surface area contributed by atoms with Crippen LogP contribution in [0.4, 0.5) is 0 Å². The first kappa shape index (κ1) is 16.0. The normalized spacial score (nSPS) is 26.8. The number of carbonyl (C=O) groups excluding carboxylic acids is 1. The second-order valence-corrected chi connectivity index (χ2v) is 7.43. The summed E-state index contributed by atoms with van der Waals surface area (Å²) in [6.07, 6.45) is 4.03. The van der Waals surface area contributed by atoms with E-state index in [9.17, 15) is 4.79 Å². The largest absolute Gasteiger partial charge is 0.383 e. The Balaban J connectivity index is 1.64. The van der Waals surface area contributed by atoms with Crippen LogP contribution >= 0.6 is 11.3 Å². The summed E-state index contributed by atoms with van der Waals surface area (Å²) < 4.78 is 5.20. The van der Waals surface area contributed by atoms with E-state index in [1.165, 1.54) is 11.3 Å². The van der Waals surface area contributed by atoms with Crippen LogP contribution in [0.5, 0.6) is 0 Å². The van der Waals surface area contributed by atoms with E-state index in [0.29, 0.717) is 30.9 Å². The molecule has 4 nitrogen and oxygen atoms in total. The van der Waals surface area contributed by atoms with Crippen molar-refractivity contribution in [3.8, 4) is 0 Å². The summed E-state index contributed by atoms with van der Waals surface area (Å²) in [6.45, 7) is 4.68. The molecule has 2 atom stereocenters. The summed E-state index contributed by atoms with van der Waals surface area (Å²) in [7, 11) is 1.71. The molecule has 0 aromatic carbocycles. The molecule has 0 unspecified atom stereocenters. The van der Waals surface area contributed by atoms with Gasteiger partial charge in [-0.25, -0.2) is 0 Å². The molecule has 0 saturated carbocycles. The standard InChI is InChI=1S/C17H26N2O2S/c1-21-10-9-19-16-7-8-18(13-15-5-3-11-22-15)12-14(16)4-2-6-17(19)20/h3,5,11,14,16H,2,4,6-10,12-13H2,1H3/t14-,16+/m0/s1. The third-order valence-electron chi connectivity index (χ3n) is 4.96. The van der Waals surface area contributed by atoms with Gasteiger partial charge in [0.15, 0.2) is 0 Å². The molecule has 3 heterocycles. The zero-order valence-electron chi connectivity index (χ0n) is 13.4. The van der Waals surface area contributed by atoms with Crippen molar-refractivity contribution in [2.45, 2.75) is 38.3 Å². The van der Waals surface area contributed by atoms with Gasteiger partial charge in [-0.15, -0.1) is 11.3 Å². The van der Waals surface area contributed by atoms with Crippen LogP contribution in [-0.4, -0.2) is 55.1 Å². The molecule has 2 saturated heterocycles. The van der Waals surface area contributed by atoms with Crippen molar-refractivity contribution < 1.29 is 9.53 Å². The highest BCUT2D eigenvalue weighted by atomic mass is 32.1. The highest BCUT2D eigenvalue weighted by Gasteiger charge is 2.37. The van der Waals surface area contributed by atoms with Crippen LogP contribution in [0.3, 0.4) is 0 Å². The van der Waals surface area contributed by atoms with Crippen LogP contribution in [0.2, 0.25) is 0 Å². The Morgan fingerprint density at radius 1 is 1.41 bits per heavy atom. The lowest BCUT2D eigenvalue weighted by Crippen LogP contribution is -2.52. The summed E-state index contributed by atoms with van der Waals surface area (Å²) in [5.74, 6) is 0.952. The van der Waals surface area contributed by atoms with Crippen molar-refractivity contribution in [1.82, 2.24) is 9.80 Å². The highest BCUT2D eigenvalue weighted by Crippen LogP contribution is 2.31. The maximum Gasteiger partial charge on any atom is 0.222 e. The fourth-order valence-electron chi connectivity index (χ4n) is 3.88. The average molecular weight is 322 g/mol. The Morgan fingerprint density at radius 3 is 3.09 bits per heavy atom. The van der Waals surface area contributed by atoms with Gasteiger partial charge in [0.1, 0.15) is 0 Å². The van der Waals surface area contributed by atoms with Crippen LogP contribution in [-0.2, 0) is 16.1 Å². The Morgan fingerprint density at radius 2 is 2.32 bits per heavy atom. The molecule has 5 heteroatoms. The molecule has 1 aromatic rings. The van der Waals surface area contributed by atoms with Crippen LogP contribution in [0.1, 0.15) is 30.6 Å². The van der Waals surface area contributed by atoms with Crippen molar-refractivity contribution in [1.29, 1.82) is 0 Å². The van der Waals surface area contributed by atoms with E-state index in [0.717, 1.165) is 39.0 Å². The molecule has 0 bridgehead atoms. The number of thiophene rings is 1. The molecule has 122 valence electrons. The molecule has 2 fully saturated rings. The first-order chi connectivity index (χ1) is 10.8. The van der Waals surface area contributed by atoms with Gasteiger partial charge in [0.2, 0.25) is 5.91 Å². The fourth-order valence-corrected chi connectivity index (χ4v) is 4.63. The number of methoxy groups -OCH3 is 1. The number of rotatable bonds is 5. The smallest absolute Gasteiger partial charge is 0.222 e. The molecule has 0 spiro atoms. The summed E-state index contributed by atoms with van der Waals surface area (Å²) in [6, 6.07) is 4.77. The zero-order valence-corrected chi connectivity index (χ0v) is 14.2. The maximum absolute atomic E-state index is 12.4. The fraction of sp³-hybridized carbons (Fsp3) is 0.706. The van der Waals surface area contributed by atoms with Gasteiger partial charge in [-0.2, -0.15) is 0 Å². The minimum absolute atomic E-state index is 0.330.